The van der Waals surface area contributed by atoms with E-state index in [0.717, 1.165) is 31.5 Å². The van der Waals surface area contributed by atoms with Gasteiger partial charge in [0.15, 0.2) is 0 Å². The molecule has 1 fully saturated rings. The van der Waals surface area contributed by atoms with E-state index in [-0.39, 0.29) is 17.5 Å². The number of carbonyl (C=O) groups is 1. The number of benzene rings is 1. The van der Waals surface area contributed by atoms with E-state index in [9.17, 15) is 9.18 Å². The molecule has 0 saturated carbocycles. The largest absolute Gasteiger partial charge is 0.335 e. The highest BCUT2D eigenvalue weighted by Gasteiger charge is 2.26. The smallest absolute Gasteiger partial charge is 0.257 e. The van der Waals surface area contributed by atoms with E-state index in [0.29, 0.717) is 6.54 Å². The number of likely N-dealkylation sites (N-methyl/N-ethyl adjacent to an activating group) is 1. The second-order valence-corrected chi connectivity index (χ2v) is 5.07. The van der Waals surface area contributed by atoms with Crippen LogP contribution in [0.15, 0.2) is 18.2 Å². The lowest BCUT2D eigenvalue weighted by Gasteiger charge is -2.34. The lowest BCUT2D eigenvalue weighted by molar-refractivity contribution is 0.0657. The molecular formula is C15H21FN2O. The number of carbonyl (C=O) groups excluding carboxylic acids is 1. The van der Waals surface area contributed by atoms with Crippen LogP contribution in [0.5, 0.6) is 0 Å². The predicted molar refractivity (Wildman–Crippen MR) is 73.7 cm³/mol. The second-order valence-electron chi connectivity index (χ2n) is 5.07. The Kier molecular flexibility index (Phi) is 4.53. The fourth-order valence-electron chi connectivity index (χ4n) is 2.62. The quantitative estimate of drug-likeness (QED) is 0.909. The third-order valence-corrected chi connectivity index (χ3v) is 3.67. The highest BCUT2D eigenvalue weighted by atomic mass is 19.1. The molecule has 4 heteroatoms. The minimum Gasteiger partial charge on any atom is -0.335 e. The van der Waals surface area contributed by atoms with E-state index in [1.165, 1.54) is 6.07 Å². The molecule has 1 aliphatic rings. The van der Waals surface area contributed by atoms with Crippen molar-refractivity contribution >= 4 is 5.91 Å². The standard InChI is InChI=1S/C15H21FN2O/c1-3-18(12-5-4-8-17-10-12)15(19)13-9-11(2)6-7-14(13)16/h6-7,9,12,17H,3-5,8,10H2,1-2H3. The van der Waals surface area contributed by atoms with Crippen molar-refractivity contribution in [3.05, 3.63) is 35.1 Å². The van der Waals surface area contributed by atoms with Gasteiger partial charge in [-0.1, -0.05) is 11.6 Å². The predicted octanol–water partition coefficient (Wildman–Crippen LogP) is 2.35. The molecule has 1 N–H and O–H groups in total. The van der Waals surface area contributed by atoms with Crippen LogP contribution in [0.4, 0.5) is 4.39 Å². The van der Waals surface area contributed by atoms with Gasteiger partial charge in [0.2, 0.25) is 0 Å². The summed E-state index contributed by atoms with van der Waals surface area (Å²) in [5.74, 6) is -0.629. The Morgan fingerprint density at radius 2 is 2.32 bits per heavy atom. The number of aryl methyl sites for hydroxylation is 1. The number of hydrogen-bond donors (Lipinski definition) is 1. The second kappa shape index (κ2) is 6.15. The third-order valence-electron chi connectivity index (χ3n) is 3.67. The van der Waals surface area contributed by atoms with Crippen molar-refractivity contribution in [2.75, 3.05) is 19.6 Å². The molecular weight excluding hydrogens is 243 g/mol. The molecule has 1 heterocycles. The lowest BCUT2D eigenvalue weighted by Crippen LogP contribution is -2.48. The normalized spacial score (nSPS) is 19.2. The summed E-state index contributed by atoms with van der Waals surface area (Å²) >= 11 is 0. The Bertz CT molecular complexity index is 455. The molecule has 0 aliphatic carbocycles. The molecule has 1 unspecified atom stereocenters. The van der Waals surface area contributed by atoms with Gasteiger partial charge in [-0.2, -0.15) is 0 Å². The van der Waals surface area contributed by atoms with E-state index >= 15 is 0 Å². The minimum atomic E-state index is -0.433. The highest BCUT2D eigenvalue weighted by molar-refractivity contribution is 5.95. The number of nitrogens with one attached hydrogen (secondary N) is 1. The van der Waals surface area contributed by atoms with Gasteiger partial charge >= 0.3 is 0 Å². The van der Waals surface area contributed by atoms with Gasteiger partial charge in [-0.3, -0.25) is 4.79 Å². The van der Waals surface area contributed by atoms with Gasteiger partial charge in [0.1, 0.15) is 5.82 Å². The molecule has 0 aromatic heterocycles. The van der Waals surface area contributed by atoms with E-state index in [1.54, 1.807) is 17.0 Å². The Labute approximate surface area is 113 Å². The van der Waals surface area contributed by atoms with Crippen LogP contribution in [0, 0.1) is 12.7 Å². The van der Waals surface area contributed by atoms with Crippen molar-refractivity contribution in [1.82, 2.24) is 10.2 Å². The van der Waals surface area contributed by atoms with Gasteiger partial charge in [0.05, 0.1) is 5.56 Å². The zero-order chi connectivity index (χ0) is 13.8. The third kappa shape index (κ3) is 3.13. The number of rotatable bonds is 3. The van der Waals surface area contributed by atoms with Crippen LogP contribution in [-0.2, 0) is 0 Å². The molecule has 1 aliphatic heterocycles. The molecule has 1 saturated heterocycles. The first-order chi connectivity index (χ1) is 9.13. The van der Waals surface area contributed by atoms with Crippen molar-refractivity contribution < 1.29 is 9.18 Å². The highest BCUT2D eigenvalue weighted by Crippen LogP contribution is 2.17. The molecule has 104 valence electrons. The molecule has 3 nitrogen and oxygen atoms in total. The summed E-state index contributed by atoms with van der Waals surface area (Å²) in [6, 6.07) is 4.86. The zero-order valence-corrected chi connectivity index (χ0v) is 11.6. The first-order valence-corrected chi connectivity index (χ1v) is 6.91. The molecule has 2 rings (SSSR count). The lowest BCUT2D eigenvalue weighted by atomic mass is 10.0. The Morgan fingerprint density at radius 3 is 2.95 bits per heavy atom. The van der Waals surface area contributed by atoms with Crippen molar-refractivity contribution in [3.8, 4) is 0 Å². The van der Waals surface area contributed by atoms with Crippen LogP contribution in [0.25, 0.3) is 0 Å². The van der Waals surface area contributed by atoms with E-state index in [2.05, 4.69) is 5.32 Å². The van der Waals surface area contributed by atoms with Gasteiger partial charge < -0.3 is 10.2 Å². The maximum atomic E-state index is 13.8. The summed E-state index contributed by atoms with van der Waals surface area (Å²) in [4.78, 5) is 14.3. The Balaban J connectivity index is 2.22. The van der Waals surface area contributed by atoms with Gasteiger partial charge in [-0.05, 0) is 45.4 Å². The first kappa shape index (κ1) is 14.0. The van der Waals surface area contributed by atoms with Crippen LogP contribution in [0.1, 0.15) is 35.7 Å². The fourth-order valence-corrected chi connectivity index (χ4v) is 2.62. The van der Waals surface area contributed by atoms with Crippen molar-refractivity contribution in [3.63, 3.8) is 0 Å². The van der Waals surface area contributed by atoms with Gasteiger partial charge in [-0.25, -0.2) is 4.39 Å². The Morgan fingerprint density at radius 1 is 1.53 bits per heavy atom. The fraction of sp³-hybridized carbons (Fsp3) is 0.533. The monoisotopic (exact) mass is 264 g/mol. The molecule has 0 bridgehead atoms. The number of piperidine rings is 1. The number of nitrogens with zero attached hydrogens (tertiary/aromatic N) is 1. The van der Waals surface area contributed by atoms with Crippen molar-refractivity contribution in [2.24, 2.45) is 0 Å². The van der Waals surface area contributed by atoms with Crippen LogP contribution in [0.3, 0.4) is 0 Å². The Hall–Kier alpha value is -1.42. The average molecular weight is 264 g/mol. The van der Waals surface area contributed by atoms with Crippen LogP contribution >= 0.6 is 0 Å². The van der Waals surface area contributed by atoms with E-state index < -0.39 is 5.82 Å². The van der Waals surface area contributed by atoms with Crippen molar-refractivity contribution in [1.29, 1.82) is 0 Å². The zero-order valence-electron chi connectivity index (χ0n) is 11.6. The SMILES string of the molecule is CCN(C(=O)c1cc(C)ccc1F)C1CCCNC1. The summed E-state index contributed by atoms with van der Waals surface area (Å²) in [5.41, 5.74) is 1.09. The minimum absolute atomic E-state index is 0.172. The number of amides is 1. The van der Waals surface area contributed by atoms with Gasteiger partial charge in [0, 0.05) is 19.1 Å². The number of hydrogen-bond acceptors (Lipinski definition) is 2. The topological polar surface area (TPSA) is 32.3 Å². The molecule has 0 radical (unpaired) electrons. The molecule has 1 amide bonds. The molecule has 1 atom stereocenters. The summed E-state index contributed by atoms with van der Waals surface area (Å²) in [5, 5.41) is 3.29. The van der Waals surface area contributed by atoms with Crippen LogP contribution in [-0.4, -0.2) is 36.5 Å². The van der Waals surface area contributed by atoms with E-state index in [1.807, 2.05) is 13.8 Å². The molecule has 19 heavy (non-hydrogen) atoms. The summed E-state index contributed by atoms with van der Waals surface area (Å²) in [6.45, 7) is 6.22. The van der Waals surface area contributed by atoms with E-state index in [4.69, 9.17) is 0 Å². The summed E-state index contributed by atoms with van der Waals surface area (Å²) < 4.78 is 13.8. The number of halogens is 1. The molecule has 1 aromatic rings. The van der Waals surface area contributed by atoms with Gasteiger partial charge in [0.25, 0.3) is 5.91 Å². The van der Waals surface area contributed by atoms with Crippen LogP contribution in [0.2, 0.25) is 0 Å². The maximum Gasteiger partial charge on any atom is 0.257 e. The molecule has 0 spiro atoms. The van der Waals surface area contributed by atoms with Crippen LogP contribution < -0.4 is 5.32 Å². The maximum absolute atomic E-state index is 13.8. The first-order valence-electron chi connectivity index (χ1n) is 6.91. The summed E-state index contributed by atoms with van der Waals surface area (Å²) in [6.07, 6.45) is 2.05. The molecule has 1 aromatic carbocycles. The average Bonchev–Trinajstić information content (AvgIpc) is 2.43. The summed E-state index contributed by atoms with van der Waals surface area (Å²) in [7, 11) is 0. The van der Waals surface area contributed by atoms with Crippen molar-refractivity contribution in [2.45, 2.75) is 32.7 Å². The van der Waals surface area contributed by atoms with Gasteiger partial charge in [-0.15, -0.1) is 0 Å².